The first-order chi connectivity index (χ1) is 14.0. The van der Waals surface area contributed by atoms with Crippen molar-refractivity contribution in [2.75, 3.05) is 19.8 Å². The lowest BCUT2D eigenvalue weighted by molar-refractivity contribution is 0.0691. The van der Waals surface area contributed by atoms with Crippen LogP contribution in [0.3, 0.4) is 0 Å². The molecule has 1 amide bonds. The molecular weight excluding hydrogens is 374 g/mol. The van der Waals surface area contributed by atoms with Crippen molar-refractivity contribution in [1.29, 1.82) is 0 Å². The normalized spacial score (nSPS) is 15.8. The molecule has 2 aromatic carbocycles. The Balaban J connectivity index is 1.98. The van der Waals surface area contributed by atoms with Gasteiger partial charge in [0.25, 0.3) is 5.91 Å². The molecule has 0 saturated heterocycles. The first kappa shape index (κ1) is 19.0. The predicted octanol–water partition coefficient (Wildman–Crippen LogP) is 2.74. The van der Waals surface area contributed by atoms with E-state index in [0.29, 0.717) is 23.1 Å². The van der Waals surface area contributed by atoms with Crippen LogP contribution in [0.1, 0.15) is 40.2 Å². The van der Waals surface area contributed by atoms with Crippen LogP contribution in [0.25, 0.3) is 11.0 Å². The summed E-state index contributed by atoms with van der Waals surface area (Å²) >= 11 is 0. The van der Waals surface area contributed by atoms with Crippen molar-refractivity contribution in [2.24, 2.45) is 0 Å². The number of aryl methyl sites for hydroxylation is 1. The lowest BCUT2D eigenvalue weighted by atomic mass is 9.97. The van der Waals surface area contributed by atoms with Crippen molar-refractivity contribution in [1.82, 2.24) is 4.90 Å². The number of phenols is 1. The fourth-order valence-corrected chi connectivity index (χ4v) is 3.79. The summed E-state index contributed by atoms with van der Waals surface area (Å²) in [5.41, 5.74) is 1.79. The first-order valence-electron chi connectivity index (χ1n) is 9.41. The second-order valence-corrected chi connectivity index (χ2v) is 6.96. The lowest BCUT2D eigenvalue weighted by Gasteiger charge is -2.24. The van der Waals surface area contributed by atoms with Crippen LogP contribution in [-0.4, -0.2) is 40.8 Å². The Kier molecular flexibility index (Phi) is 4.76. The minimum absolute atomic E-state index is 0.0177. The molecule has 0 aliphatic carbocycles. The zero-order chi connectivity index (χ0) is 20.7. The topological polar surface area (TPSA) is 100 Å². The van der Waals surface area contributed by atoms with Gasteiger partial charge in [-0.05, 0) is 43.7 Å². The summed E-state index contributed by atoms with van der Waals surface area (Å²) in [7, 11) is 0. The molecule has 0 bridgehead atoms. The highest BCUT2D eigenvalue weighted by Gasteiger charge is 2.42. The van der Waals surface area contributed by atoms with Gasteiger partial charge in [0, 0.05) is 6.54 Å². The van der Waals surface area contributed by atoms with E-state index in [1.165, 1.54) is 11.0 Å². The molecular formula is C22H21NO6. The average molecular weight is 395 g/mol. The van der Waals surface area contributed by atoms with Crippen molar-refractivity contribution in [2.45, 2.75) is 19.9 Å². The van der Waals surface area contributed by atoms with Gasteiger partial charge in [-0.1, -0.05) is 17.7 Å². The van der Waals surface area contributed by atoms with Gasteiger partial charge >= 0.3 is 0 Å². The SMILES string of the molecule is CCOc1cc([C@H]2c3c(oc4ccc(C)cc4c3=O)C(=O)N2CCO)ccc1O. The maximum atomic E-state index is 13.3. The molecule has 1 aromatic heterocycles. The Bertz CT molecular complexity index is 1170. The van der Waals surface area contributed by atoms with Gasteiger partial charge in [-0.2, -0.15) is 0 Å². The number of ether oxygens (including phenoxy) is 1. The molecule has 2 heterocycles. The smallest absolute Gasteiger partial charge is 0.290 e. The molecule has 3 aromatic rings. The number of rotatable bonds is 5. The number of benzene rings is 2. The molecule has 0 radical (unpaired) electrons. The highest BCUT2D eigenvalue weighted by Crippen LogP contribution is 2.40. The van der Waals surface area contributed by atoms with Crippen LogP contribution in [0.2, 0.25) is 0 Å². The second-order valence-electron chi connectivity index (χ2n) is 6.96. The summed E-state index contributed by atoms with van der Waals surface area (Å²) in [5, 5.41) is 19.9. The number of carbonyl (C=O) groups excluding carboxylic acids is 1. The van der Waals surface area contributed by atoms with Crippen molar-refractivity contribution < 1.29 is 24.2 Å². The quantitative estimate of drug-likeness (QED) is 0.689. The zero-order valence-electron chi connectivity index (χ0n) is 16.1. The molecule has 29 heavy (non-hydrogen) atoms. The Morgan fingerprint density at radius 1 is 1.17 bits per heavy atom. The first-order valence-corrected chi connectivity index (χ1v) is 9.41. The van der Waals surface area contributed by atoms with Gasteiger partial charge in [-0.25, -0.2) is 0 Å². The van der Waals surface area contributed by atoms with E-state index < -0.39 is 11.9 Å². The highest BCUT2D eigenvalue weighted by molar-refractivity contribution is 5.99. The van der Waals surface area contributed by atoms with E-state index in [1.807, 2.05) is 13.0 Å². The summed E-state index contributed by atoms with van der Waals surface area (Å²) in [4.78, 5) is 27.8. The van der Waals surface area contributed by atoms with E-state index in [0.717, 1.165) is 5.56 Å². The fraction of sp³-hybridized carbons (Fsp3) is 0.273. The Morgan fingerprint density at radius 3 is 2.69 bits per heavy atom. The molecule has 1 aliphatic rings. The Labute approximate surface area is 166 Å². The third-order valence-electron chi connectivity index (χ3n) is 5.06. The summed E-state index contributed by atoms with van der Waals surface area (Å²) in [6.45, 7) is 3.79. The number of phenolic OH excluding ortho intramolecular Hbond substituents is 1. The van der Waals surface area contributed by atoms with Crippen molar-refractivity contribution in [3.05, 3.63) is 69.1 Å². The van der Waals surface area contributed by atoms with Crippen molar-refractivity contribution in [3.63, 3.8) is 0 Å². The number of hydrogen-bond donors (Lipinski definition) is 2. The number of aromatic hydroxyl groups is 1. The lowest BCUT2D eigenvalue weighted by Crippen LogP contribution is -2.32. The van der Waals surface area contributed by atoms with E-state index in [2.05, 4.69) is 0 Å². The maximum absolute atomic E-state index is 13.3. The molecule has 0 spiro atoms. The number of β-amino-alcohol motifs (C(OH)–C–C–N with tert-alkyl or cyclic N) is 1. The predicted molar refractivity (Wildman–Crippen MR) is 106 cm³/mol. The highest BCUT2D eigenvalue weighted by atomic mass is 16.5. The van der Waals surface area contributed by atoms with Gasteiger partial charge in [-0.3, -0.25) is 9.59 Å². The van der Waals surface area contributed by atoms with E-state index >= 15 is 0 Å². The van der Waals surface area contributed by atoms with E-state index in [9.17, 15) is 19.8 Å². The molecule has 2 N–H and O–H groups in total. The number of nitrogens with zero attached hydrogens (tertiary/aromatic N) is 1. The van der Waals surface area contributed by atoms with E-state index in [1.54, 1.807) is 31.2 Å². The third-order valence-corrected chi connectivity index (χ3v) is 5.06. The van der Waals surface area contributed by atoms with Gasteiger partial charge in [0.05, 0.1) is 30.2 Å². The standard InChI is InChI=1S/C22H21NO6/c1-3-28-17-11-13(5-6-15(17)25)19-18-20(26)14-10-12(2)4-7-16(14)29-21(18)22(27)23(19)8-9-24/h4-7,10-11,19,24-25H,3,8-9H2,1-2H3/t19-/m0/s1. The minimum Gasteiger partial charge on any atom is -0.504 e. The number of carbonyl (C=O) groups is 1. The number of aliphatic hydroxyl groups is 1. The molecule has 1 aliphatic heterocycles. The largest absolute Gasteiger partial charge is 0.504 e. The minimum atomic E-state index is -0.745. The molecule has 150 valence electrons. The van der Waals surface area contributed by atoms with Crippen molar-refractivity contribution >= 4 is 16.9 Å². The van der Waals surface area contributed by atoms with Crippen LogP contribution in [0.15, 0.2) is 45.6 Å². The van der Waals surface area contributed by atoms with Gasteiger partial charge in [0.1, 0.15) is 5.58 Å². The van der Waals surface area contributed by atoms with Gasteiger partial charge in [0.2, 0.25) is 5.76 Å². The average Bonchev–Trinajstić information content (AvgIpc) is 2.97. The molecule has 7 heteroatoms. The van der Waals surface area contributed by atoms with E-state index in [4.69, 9.17) is 9.15 Å². The van der Waals surface area contributed by atoms with E-state index in [-0.39, 0.29) is 41.4 Å². The Morgan fingerprint density at radius 2 is 1.97 bits per heavy atom. The van der Waals surface area contributed by atoms with Crippen LogP contribution in [-0.2, 0) is 0 Å². The number of aliphatic hydroxyl groups excluding tert-OH is 1. The number of fused-ring (bicyclic) bond motifs is 2. The van der Waals surface area contributed by atoms with Crippen molar-refractivity contribution in [3.8, 4) is 11.5 Å². The molecule has 0 fully saturated rings. The van der Waals surface area contributed by atoms with Crippen LogP contribution in [0.5, 0.6) is 11.5 Å². The third kappa shape index (κ3) is 3.03. The summed E-state index contributed by atoms with van der Waals surface area (Å²) in [6, 6.07) is 9.19. The second kappa shape index (κ2) is 7.25. The number of hydrogen-bond acceptors (Lipinski definition) is 6. The van der Waals surface area contributed by atoms with Crippen LogP contribution in [0.4, 0.5) is 0 Å². The summed E-state index contributed by atoms with van der Waals surface area (Å²) < 4.78 is 11.3. The molecule has 0 unspecified atom stereocenters. The molecule has 7 nitrogen and oxygen atoms in total. The molecule has 0 saturated carbocycles. The van der Waals surface area contributed by atoms with Crippen LogP contribution in [0, 0.1) is 6.92 Å². The molecule has 1 atom stereocenters. The van der Waals surface area contributed by atoms with Gasteiger partial charge < -0.3 is 24.3 Å². The summed E-state index contributed by atoms with van der Waals surface area (Å²) in [5.74, 6) is -0.244. The van der Waals surface area contributed by atoms with Gasteiger partial charge in [0.15, 0.2) is 16.9 Å². The summed E-state index contributed by atoms with van der Waals surface area (Å²) in [6.07, 6.45) is 0. The van der Waals surface area contributed by atoms with Crippen LogP contribution >= 0.6 is 0 Å². The van der Waals surface area contributed by atoms with Crippen LogP contribution < -0.4 is 10.2 Å². The Hall–Kier alpha value is -3.32. The fourth-order valence-electron chi connectivity index (χ4n) is 3.79. The zero-order valence-corrected chi connectivity index (χ0v) is 16.1. The molecule has 4 rings (SSSR count). The number of amides is 1. The van der Waals surface area contributed by atoms with Gasteiger partial charge in [-0.15, -0.1) is 0 Å². The monoisotopic (exact) mass is 395 g/mol. The maximum Gasteiger partial charge on any atom is 0.290 e.